The average molecular weight is 189 g/mol. The molecule has 13 heavy (non-hydrogen) atoms. The van der Waals surface area contributed by atoms with Gasteiger partial charge < -0.3 is 9.22 Å². The molecule has 5 nitrogen and oxygen atoms in total. The van der Waals surface area contributed by atoms with Crippen LogP contribution in [0.5, 0.6) is 0 Å². The molecule has 1 saturated heterocycles. The molecule has 0 aliphatic carbocycles. The van der Waals surface area contributed by atoms with Crippen LogP contribution in [-0.2, 0) is 4.74 Å². The van der Waals surface area contributed by atoms with Gasteiger partial charge in [0.1, 0.15) is 19.6 Å². The predicted octanol–water partition coefficient (Wildman–Crippen LogP) is 0.128. The standard InChI is InChI=1S/C8H17N2O3/c1-8(9(11)12)7-10(2)3-5-13-6-4-10/h8H,3-7H2,1-2H3/q+1. The monoisotopic (exact) mass is 189 g/mol. The summed E-state index contributed by atoms with van der Waals surface area (Å²) in [6.07, 6.45) is 0. The second kappa shape index (κ2) is 4.02. The molecule has 0 N–H and O–H groups in total. The summed E-state index contributed by atoms with van der Waals surface area (Å²) in [4.78, 5) is 10.3. The number of hydrogen-bond donors (Lipinski definition) is 0. The summed E-state index contributed by atoms with van der Waals surface area (Å²) in [6.45, 7) is 5.49. The highest BCUT2D eigenvalue weighted by Gasteiger charge is 2.31. The number of hydrogen-bond acceptors (Lipinski definition) is 3. The van der Waals surface area contributed by atoms with Gasteiger partial charge in [-0.3, -0.25) is 10.1 Å². The number of ether oxygens (including phenoxy) is 1. The summed E-state index contributed by atoms with van der Waals surface area (Å²) in [5, 5.41) is 10.5. The molecule has 0 spiro atoms. The highest BCUT2D eigenvalue weighted by Crippen LogP contribution is 2.09. The van der Waals surface area contributed by atoms with Crippen molar-refractivity contribution in [3.63, 3.8) is 0 Å². The van der Waals surface area contributed by atoms with E-state index in [9.17, 15) is 10.1 Å². The number of morpholine rings is 1. The smallest absolute Gasteiger partial charge is 0.258 e. The summed E-state index contributed by atoms with van der Waals surface area (Å²) in [7, 11) is 2.06. The average Bonchev–Trinajstić information content (AvgIpc) is 2.04. The zero-order chi connectivity index (χ0) is 9.90. The molecule has 1 aliphatic heterocycles. The van der Waals surface area contributed by atoms with E-state index in [-0.39, 0.29) is 4.92 Å². The van der Waals surface area contributed by atoms with E-state index in [0.29, 0.717) is 6.54 Å². The van der Waals surface area contributed by atoms with Crippen LogP contribution in [-0.4, -0.2) is 55.3 Å². The molecule has 0 radical (unpaired) electrons. The van der Waals surface area contributed by atoms with Crippen LogP contribution < -0.4 is 0 Å². The summed E-state index contributed by atoms with van der Waals surface area (Å²) in [6, 6.07) is -0.455. The van der Waals surface area contributed by atoms with Crippen LogP contribution >= 0.6 is 0 Å². The Hall–Kier alpha value is -0.680. The molecule has 1 heterocycles. The van der Waals surface area contributed by atoms with E-state index in [4.69, 9.17) is 4.74 Å². The van der Waals surface area contributed by atoms with Crippen molar-refractivity contribution in [2.45, 2.75) is 13.0 Å². The molecular formula is C8H17N2O3+. The van der Waals surface area contributed by atoms with Gasteiger partial charge in [-0.15, -0.1) is 0 Å². The maximum atomic E-state index is 10.5. The molecule has 0 aromatic heterocycles. The van der Waals surface area contributed by atoms with E-state index in [1.165, 1.54) is 0 Å². The van der Waals surface area contributed by atoms with Gasteiger partial charge in [-0.2, -0.15) is 0 Å². The lowest BCUT2D eigenvalue weighted by molar-refractivity contribution is -0.926. The number of rotatable bonds is 3. The fourth-order valence-corrected chi connectivity index (χ4v) is 1.67. The lowest BCUT2D eigenvalue weighted by Crippen LogP contribution is -2.55. The molecule has 0 aromatic carbocycles. The Balaban J connectivity index is 2.45. The molecule has 1 unspecified atom stereocenters. The maximum Gasteiger partial charge on any atom is 0.258 e. The van der Waals surface area contributed by atoms with E-state index in [2.05, 4.69) is 7.05 Å². The van der Waals surface area contributed by atoms with E-state index < -0.39 is 6.04 Å². The third kappa shape index (κ3) is 2.93. The second-order valence-corrected chi connectivity index (χ2v) is 4.00. The Morgan fingerprint density at radius 3 is 2.54 bits per heavy atom. The van der Waals surface area contributed by atoms with Gasteiger partial charge in [0.25, 0.3) is 6.04 Å². The molecule has 0 saturated carbocycles. The third-order valence-electron chi connectivity index (χ3n) is 2.62. The molecule has 1 fully saturated rings. The van der Waals surface area contributed by atoms with Crippen LogP contribution in [0.25, 0.3) is 0 Å². The van der Waals surface area contributed by atoms with Crippen molar-refractivity contribution in [3.8, 4) is 0 Å². The van der Waals surface area contributed by atoms with Crippen molar-refractivity contribution in [2.75, 3.05) is 39.9 Å². The van der Waals surface area contributed by atoms with Gasteiger partial charge in [-0.25, -0.2) is 0 Å². The summed E-state index contributed by atoms with van der Waals surface area (Å²) >= 11 is 0. The van der Waals surface area contributed by atoms with Crippen molar-refractivity contribution in [1.82, 2.24) is 0 Å². The van der Waals surface area contributed by atoms with E-state index in [1.807, 2.05) is 0 Å². The number of nitro groups is 1. The zero-order valence-electron chi connectivity index (χ0n) is 8.23. The third-order valence-corrected chi connectivity index (χ3v) is 2.62. The minimum Gasteiger partial charge on any atom is -0.370 e. The van der Waals surface area contributed by atoms with E-state index >= 15 is 0 Å². The summed E-state index contributed by atoms with van der Waals surface area (Å²) in [5.41, 5.74) is 0. The lowest BCUT2D eigenvalue weighted by atomic mass is 10.2. The van der Waals surface area contributed by atoms with E-state index in [0.717, 1.165) is 30.8 Å². The molecular weight excluding hydrogens is 172 g/mol. The highest BCUT2D eigenvalue weighted by atomic mass is 16.6. The van der Waals surface area contributed by atoms with Crippen molar-refractivity contribution in [2.24, 2.45) is 0 Å². The maximum absolute atomic E-state index is 10.5. The topological polar surface area (TPSA) is 52.4 Å². The van der Waals surface area contributed by atoms with Gasteiger partial charge in [-0.05, 0) is 0 Å². The van der Waals surface area contributed by atoms with Gasteiger partial charge in [-0.1, -0.05) is 0 Å². The van der Waals surface area contributed by atoms with Crippen molar-refractivity contribution < 1.29 is 14.1 Å². The molecule has 5 heteroatoms. The first kappa shape index (κ1) is 10.4. The molecule has 1 rings (SSSR count). The first-order valence-electron chi connectivity index (χ1n) is 4.58. The quantitative estimate of drug-likeness (QED) is 0.360. The van der Waals surface area contributed by atoms with Gasteiger partial charge >= 0.3 is 0 Å². The zero-order valence-corrected chi connectivity index (χ0v) is 8.23. The van der Waals surface area contributed by atoms with Gasteiger partial charge in [0.05, 0.1) is 20.3 Å². The van der Waals surface area contributed by atoms with E-state index in [1.54, 1.807) is 6.92 Å². The Morgan fingerprint density at radius 2 is 2.08 bits per heavy atom. The number of nitrogens with zero attached hydrogens (tertiary/aromatic N) is 2. The predicted molar refractivity (Wildman–Crippen MR) is 48.1 cm³/mol. The van der Waals surface area contributed by atoms with Gasteiger partial charge in [0.2, 0.25) is 0 Å². The minimum absolute atomic E-state index is 0.209. The molecule has 1 atom stereocenters. The number of likely N-dealkylation sites (N-methyl/N-ethyl adjacent to an activating group) is 1. The Labute approximate surface area is 78.0 Å². The lowest BCUT2D eigenvalue weighted by Gasteiger charge is -2.37. The molecule has 0 amide bonds. The van der Waals surface area contributed by atoms with Gasteiger partial charge in [0.15, 0.2) is 0 Å². The van der Waals surface area contributed by atoms with Gasteiger partial charge in [0, 0.05) is 11.8 Å². The van der Waals surface area contributed by atoms with Crippen LogP contribution in [0.3, 0.4) is 0 Å². The van der Waals surface area contributed by atoms with Crippen molar-refractivity contribution in [3.05, 3.63) is 10.1 Å². The molecule has 76 valence electrons. The summed E-state index contributed by atoms with van der Waals surface area (Å²) < 4.78 is 5.99. The second-order valence-electron chi connectivity index (χ2n) is 4.00. The van der Waals surface area contributed by atoms with Crippen molar-refractivity contribution >= 4 is 0 Å². The SMILES string of the molecule is CC(C[N+]1(C)CCOCC1)[N+](=O)[O-]. The Bertz CT molecular complexity index is 190. The Kier molecular flexibility index (Phi) is 3.22. The normalized spacial score (nSPS) is 23.8. The van der Waals surface area contributed by atoms with Crippen LogP contribution in [0.15, 0.2) is 0 Å². The Morgan fingerprint density at radius 1 is 1.54 bits per heavy atom. The van der Waals surface area contributed by atoms with Crippen LogP contribution in [0, 0.1) is 10.1 Å². The number of quaternary nitrogens is 1. The fourth-order valence-electron chi connectivity index (χ4n) is 1.67. The largest absolute Gasteiger partial charge is 0.370 e. The minimum atomic E-state index is -0.455. The van der Waals surface area contributed by atoms with Crippen LogP contribution in [0.2, 0.25) is 0 Å². The first-order chi connectivity index (χ1) is 6.03. The fraction of sp³-hybridized carbons (Fsp3) is 1.00. The first-order valence-corrected chi connectivity index (χ1v) is 4.58. The van der Waals surface area contributed by atoms with Crippen molar-refractivity contribution in [1.29, 1.82) is 0 Å². The van der Waals surface area contributed by atoms with Crippen LogP contribution in [0.4, 0.5) is 0 Å². The molecule has 0 bridgehead atoms. The highest BCUT2D eigenvalue weighted by molar-refractivity contribution is 4.52. The van der Waals surface area contributed by atoms with Crippen LogP contribution in [0.1, 0.15) is 6.92 Å². The summed E-state index contributed by atoms with van der Waals surface area (Å²) in [5.74, 6) is 0. The molecule has 1 aliphatic rings. The molecule has 0 aromatic rings.